The van der Waals surface area contributed by atoms with E-state index in [-0.39, 0.29) is 0 Å². The maximum absolute atomic E-state index is 5.31. The fourth-order valence-electron chi connectivity index (χ4n) is 2.42. The fraction of sp³-hybridized carbons (Fsp3) is 0.105. The number of aromatic nitrogens is 3. The van der Waals surface area contributed by atoms with Crippen LogP contribution < -0.4 is 10.1 Å². The van der Waals surface area contributed by atoms with E-state index in [1.165, 1.54) is 0 Å². The summed E-state index contributed by atoms with van der Waals surface area (Å²) in [6.07, 6.45) is 7.04. The molecule has 0 atom stereocenters. The molecule has 0 aliphatic carbocycles. The molecular formula is C19H19N5O. The largest absolute Gasteiger partial charge is 0.497 e. The first-order valence-corrected chi connectivity index (χ1v) is 7.77. The van der Waals surface area contributed by atoms with E-state index in [1.807, 2.05) is 48.7 Å². The van der Waals surface area contributed by atoms with E-state index in [2.05, 4.69) is 27.0 Å². The molecule has 0 aliphatic heterocycles. The molecule has 6 heteroatoms. The number of aliphatic imine (C=N–C) groups is 1. The van der Waals surface area contributed by atoms with Gasteiger partial charge in [-0.1, -0.05) is 18.7 Å². The minimum atomic E-state index is 0.492. The quantitative estimate of drug-likeness (QED) is 0.553. The summed E-state index contributed by atoms with van der Waals surface area (Å²) in [5.74, 6) is 1.29. The summed E-state index contributed by atoms with van der Waals surface area (Å²) >= 11 is 0. The summed E-state index contributed by atoms with van der Waals surface area (Å²) in [5.41, 5.74) is 3.51. The van der Waals surface area contributed by atoms with Crippen molar-refractivity contribution in [1.82, 2.24) is 14.6 Å². The maximum Gasteiger partial charge on any atom is 0.247 e. The number of methoxy groups -OCH3 is 1. The van der Waals surface area contributed by atoms with E-state index in [9.17, 15) is 0 Å². The lowest BCUT2D eigenvalue weighted by Crippen LogP contribution is -1.99. The number of ether oxygens (including phenoxy) is 1. The molecule has 3 aromatic rings. The van der Waals surface area contributed by atoms with Crippen LogP contribution in [0.2, 0.25) is 0 Å². The van der Waals surface area contributed by atoms with Gasteiger partial charge in [-0.25, -0.2) is 4.52 Å². The van der Waals surface area contributed by atoms with Crippen LogP contribution in [0.15, 0.2) is 72.0 Å². The monoisotopic (exact) mass is 333 g/mol. The Hall–Kier alpha value is -3.41. The first-order valence-electron chi connectivity index (χ1n) is 7.77. The smallest absolute Gasteiger partial charge is 0.247 e. The summed E-state index contributed by atoms with van der Waals surface area (Å²) in [6, 6.07) is 11.8. The van der Waals surface area contributed by atoms with Gasteiger partial charge < -0.3 is 10.1 Å². The van der Waals surface area contributed by atoms with Crippen LogP contribution >= 0.6 is 0 Å². The third kappa shape index (κ3) is 3.58. The van der Waals surface area contributed by atoms with Crippen molar-refractivity contribution in [1.29, 1.82) is 0 Å². The third-order valence-corrected chi connectivity index (χ3v) is 3.62. The molecule has 1 aromatic carbocycles. The van der Waals surface area contributed by atoms with Crippen LogP contribution in [0.5, 0.6) is 5.75 Å². The molecular weight excluding hydrogens is 314 g/mol. The Morgan fingerprint density at radius 3 is 2.96 bits per heavy atom. The first kappa shape index (κ1) is 16.4. The van der Waals surface area contributed by atoms with Crippen molar-refractivity contribution in [3.8, 4) is 16.9 Å². The Morgan fingerprint density at radius 2 is 2.20 bits per heavy atom. The minimum Gasteiger partial charge on any atom is -0.497 e. The molecule has 0 fully saturated rings. The standard InChI is InChI=1S/C19H19N5O/c1-4-15(10-11-20-2)21-19-22-18-17(9-6-12-24(18)23-19)14-7-5-8-16(13-14)25-3/h4-13H,1H2,2-3H3,(H,21,23)/b15-10+,20-11?. The molecule has 0 bridgehead atoms. The number of nitrogens with one attached hydrogen (secondary N) is 1. The molecule has 0 unspecified atom stereocenters. The Kier molecular flexibility index (Phi) is 4.89. The zero-order chi connectivity index (χ0) is 17.6. The van der Waals surface area contributed by atoms with E-state index >= 15 is 0 Å². The molecule has 126 valence electrons. The Morgan fingerprint density at radius 1 is 1.32 bits per heavy atom. The van der Waals surface area contributed by atoms with Crippen molar-refractivity contribution in [3.63, 3.8) is 0 Å². The normalized spacial score (nSPS) is 11.8. The van der Waals surface area contributed by atoms with Gasteiger partial charge in [-0.2, -0.15) is 4.98 Å². The SMILES string of the molecule is C=C/C(=C\C=NC)Nc1nc2c(-c3cccc(OC)c3)cccn2n1. The molecule has 0 spiro atoms. The maximum atomic E-state index is 5.31. The highest BCUT2D eigenvalue weighted by Gasteiger charge is 2.10. The number of fused-ring (bicyclic) bond motifs is 1. The summed E-state index contributed by atoms with van der Waals surface area (Å²) in [4.78, 5) is 8.54. The number of rotatable bonds is 6. The highest BCUT2D eigenvalue weighted by molar-refractivity contribution is 5.79. The van der Waals surface area contributed by atoms with E-state index in [0.29, 0.717) is 5.95 Å². The lowest BCUT2D eigenvalue weighted by Gasteiger charge is -2.05. The number of pyridine rings is 1. The minimum absolute atomic E-state index is 0.492. The van der Waals surface area contributed by atoms with Crippen molar-refractivity contribution in [2.75, 3.05) is 19.5 Å². The molecule has 1 N–H and O–H groups in total. The average Bonchev–Trinajstić information content (AvgIpc) is 3.07. The van der Waals surface area contributed by atoms with Crippen LogP contribution in [0.1, 0.15) is 0 Å². The van der Waals surface area contributed by atoms with Crippen molar-refractivity contribution in [2.24, 2.45) is 4.99 Å². The number of nitrogens with zero attached hydrogens (tertiary/aromatic N) is 4. The molecule has 3 rings (SSSR count). The fourth-order valence-corrected chi connectivity index (χ4v) is 2.42. The van der Waals surface area contributed by atoms with E-state index in [0.717, 1.165) is 28.2 Å². The van der Waals surface area contributed by atoms with Gasteiger partial charge in [0.1, 0.15) is 5.75 Å². The molecule has 2 heterocycles. The number of hydrogen-bond acceptors (Lipinski definition) is 5. The molecule has 0 amide bonds. The molecule has 0 aliphatic rings. The highest BCUT2D eigenvalue weighted by Crippen LogP contribution is 2.27. The predicted molar refractivity (Wildman–Crippen MR) is 101 cm³/mol. The number of hydrogen-bond donors (Lipinski definition) is 1. The molecule has 2 aromatic heterocycles. The summed E-state index contributed by atoms with van der Waals surface area (Å²) in [5, 5.41) is 7.61. The van der Waals surface area contributed by atoms with Crippen molar-refractivity contribution >= 4 is 17.8 Å². The molecule has 0 saturated carbocycles. The van der Waals surface area contributed by atoms with Gasteiger partial charge in [0.05, 0.1) is 7.11 Å². The summed E-state index contributed by atoms with van der Waals surface area (Å²) in [6.45, 7) is 3.78. The van der Waals surface area contributed by atoms with Crippen molar-refractivity contribution in [2.45, 2.75) is 0 Å². The Balaban J connectivity index is 2.02. The van der Waals surface area contributed by atoms with Gasteiger partial charge in [-0.05, 0) is 42.0 Å². The molecule has 0 saturated heterocycles. The Bertz CT molecular complexity index is 955. The van der Waals surface area contributed by atoms with Gasteiger partial charge in [0.25, 0.3) is 0 Å². The molecule has 25 heavy (non-hydrogen) atoms. The van der Waals surface area contributed by atoms with Gasteiger partial charge in [0.2, 0.25) is 5.95 Å². The lowest BCUT2D eigenvalue weighted by atomic mass is 10.1. The number of allylic oxidation sites excluding steroid dienone is 2. The van der Waals surface area contributed by atoms with Crippen LogP contribution in [0.25, 0.3) is 16.8 Å². The second-order valence-corrected chi connectivity index (χ2v) is 5.22. The number of anilines is 1. The average molecular weight is 333 g/mol. The van der Waals surface area contributed by atoms with Crippen LogP contribution in [0.3, 0.4) is 0 Å². The first-order chi connectivity index (χ1) is 12.2. The zero-order valence-electron chi connectivity index (χ0n) is 14.2. The lowest BCUT2D eigenvalue weighted by molar-refractivity contribution is 0.415. The number of benzene rings is 1. The zero-order valence-corrected chi connectivity index (χ0v) is 14.2. The second kappa shape index (κ2) is 7.44. The van der Waals surface area contributed by atoms with Gasteiger partial charge in [-0.3, -0.25) is 4.99 Å². The van der Waals surface area contributed by atoms with E-state index in [4.69, 9.17) is 4.74 Å². The van der Waals surface area contributed by atoms with E-state index < -0.39 is 0 Å². The highest BCUT2D eigenvalue weighted by atomic mass is 16.5. The van der Waals surface area contributed by atoms with E-state index in [1.54, 1.807) is 31.0 Å². The Labute approximate surface area is 146 Å². The topological polar surface area (TPSA) is 63.8 Å². The van der Waals surface area contributed by atoms with Crippen LogP contribution in [-0.4, -0.2) is 35.0 Å². The van der Waals surface area contributed by atoms with Gasteiger partial charge in [0, 0.05) is 30.7 Å². The molecule has 6 nitrogen and oxygen atoms in total. The van der Waals surface area contributed by atoms with Crippen molar-refractivity contribution < 1.29 is 4.74 Å². The van der Waals surface area contributed by atoms with Gasteiger partial charge in [0.15, 0.2) is 5.65 Å². The van der Waals surface area contributed by atoms with Crippen LogP contribution in [0.4, 0.5) is 5.95 Å². The van der Waals surface area contributed by atoms with Crippen molar-refractivity contribution in [3.05, 3.63) is 67.0 Å². The third-order valence-electron chi connectivity index (χ3n) is 3.62. The van der Waals surface area contributed by atoms with Gasteiger partial charge in [-0.15, -0.1) is 5.10 Å². The van der Waals surface area contributed by atoms with Gasteiger partial charge >= 0.3 is 0 Å². The molecule has 0 radical (unpaired) electrons. The summed E-state index contributed by atoms with van der Waals surface area (Å²) in [7, 11) is 3.36. The predicted octanol–water partition coefficient (Wildman–Crippen LogP) is 3.59. The van der Waals surface area contributed by atoms with Crippen LogP contribution in [-0.2, 0) is 0 Å². The van der Waals surface area contributed by atoms with Crippen LogP contribution in [0, 0.1) is 0 Å². The summed E-state index contributed by atoms with van der Waals surface area (Å²) < 4.78 is 7.05. The second-order valence-electron chi connectivity index (χ2n) is 5.22.